The summed E-state index contributed by atoms with van der Waals surface area (Å²) in [6.07, 6.45) is 2.11. The van der Waals surface area contributed by atoms with Crippen molar-refractivity contribution in [1.29, 1.82) is 0 Å². The lowest BCUT2D eigenvalue weighted by atomic mass is 10.2. The molecule has 0 atom stereocenters. The highest BCUT2D eigenvalue weighted by Gasteiger charge is 2.29. The molecule has 4 rings (SSSR count). The van der Waals surface area contributed by atoms with Gasteiger partial charge in [0.15, 0.2) is 0 Å². The van der Waals surface area contributed by atoms with Gasteiger partial charge in [-0.3, -0.25) is 0 Å². The Bertz CT molecular complexity index is 855. The molecule has 3 nitrogen and oxygen atoms in total. The van der Waals surface area contributed by atoms with Gasteiger partial charge < -0.3 is 9.67 Å². The lowest BCUT2D eigenvalue weighted by molar-refractivity contribution is 0.474. The van der Waals surface area contributed by atoms with Crippen molar-refractivity contribution in [3.8, 4) is 17.1 Å². The lowest BCUT2D eigenvalue weighted by Crippen LogP contribution is -1.98. The van der Waals surface area contributed by atoms with E-state index in [-0.39, 0.29) is 5.75 Å². The number of imidazole rings is 1. The molecule has 21 heavy (non-hydrogen) atoms. The van der Waals surface area contributed by atoms with E-state index in [1.165, 1.54) is 18.2 Å². The van der Waals surface area contributed by atoms with E-state index in [0.717, 1.165) is 23.9 Å². The maximum Gasteiger partial charge on any atom is 0.145 e. The molecule has 1 saturated carbocycles. The minimum Gasteiger partial charge on any atom is -0.507 e. The van der Waals surface area contributed by atoms with E-state index in [1.807, 2.05) is 12.1 Å². The van der Waals surface area contributed by atoms with Gasteiger partial charge in [0.2, 0.25) is 0 Å². The molecular formula is C16H12ClFN2O. The van der Waals surface area contributed by atoms with E-state index in [0.29, 0.717) is 22.5 Å². The largest absolute Gasteiger partial charge is 0.507 e. The van der Waals surface area contributed by atoms with Crippen molar-refractivity contribution >= 4 is 22.6 Å². The lowest BCUT2D eigenvalue weighted by Gasteiger charge is -2.09. The Kier molecular flexibility index (Phi) is 2.69. The Morgan fingerprint density at radius 3 is 2.76 bits per heavy atom. The maximum absolute atomic E-state index is 13.5. The molecule has 1 aromatic heterocycles. The van der Waals surface area contributed by atoms with Crippen LogP contribution in [-0.4, -0.2) is 14.7 Å². The Labute approximate surface area is 125 Å². The highest BCUT2D eigenvalue weighted by molar-refractivity contribution is 6.31. The standard InChI is InChI=1S/C16H12ClFN2O/c17-9-1-5-13-14(7-9)20(11-3-4-11)16(19-13)12-8-10(18)2-6-15(12)21/h1-2,5-8,11,21H,3-4H2. The summed E-state index contributed by atoms with van der Waals surface area (Å²) < 4.78 is 15.6. The van der Waals surface area contributed by atoms with E-state index in [2.05, 4.69) is 9.55 Å². The molecule has 1 aliphatic carbocycles. The second-order valence-electron chi connectivity index (χ2n) is 5.33. The van der Waals surface area contributed by atoms with Crippen LogP contribution >= 0.6 is 11.6 Å². The number of benzene rings is 2. The van der Waals surface area contributed by atoms with Crippen LogP contribution in [0.25, 0.3) is 22.4 Å². The minimum absolute atomic E-state index is 0.0275. The molecular weight excluding hydrogens is 291 g/mol. The van der Waals surface area contributed by atoms with Crippen molar-refractivity contribution < 1.29 is 9.50 Å². The van der Waals surface area contributed by atoms with E-state index in [1.54, 1.807) is 6.07 Å². The zero-order chi connectivity index (χ0) is 14.6. The molecule has 0 bridgehead atoms. The van der Waals surface area contributed by atoms with Crippen molar-refractivity contribution in [2.45, 2.75) is 18.9 Å². The van der Waals surface area contributed by atoms with Gasteiger partial charge in [0, 0.05) is 11.1 Å². The summed E-state index contributed by atoms with van der Waals surface area (Å²) in [5.41, 5.74) is 2.13. The summed E-state index contributed by atoms with van der Waals surface area (Å²) in [4.78, 5) is 4.56. The van der Waals surface area contributed by atoms with Crippen LogP contribution < -0.4 is 0 Å². The van der Waals surface area contributed by atoms with Crippen LogP contribution in [0.4, 0.5) is 4.39 Å². The molecule has 0 unspecified atom stereocenters. The molecule has 0 saturated heterocycles. The Hall–Kier alpha value is -2.07. The highest BCUT2D eigenvalue weighted by atomic mass is 35.5. The molecule has 0 aliphatic heterocycles. The first-order valence-corrected chi connectivity index (χ1v) is 7.17. The van der Waals surface area contributed by atoms with Crippen molar-refractivity contribution in [1.82, 2.24) is 9.55 Å². The number of aromatic nitrogens is 2. The predicted octanol–water partition coefficient (Wildman–Crippen LogP) is 4.54. The highest BCUT2D eigenvalue weighted by Crippen LogP contribution is 2.43. The van der Waals surface area contributed by atoms with E-state index in [9.17, 15) is 9.50 Å². The number of nitrogens with zero attached hydrogens (tertiary/aromatic N) is 2. The Morgan fingerprint density at radius 2 is 2.00 bits per heavy atom. The summed E-state index contributed by atoms with van der Waals surface area (Å²) in [5.74, 6) is 0.224. The zero-order valence-electron chi connectivity index (χ0n) is 11.1. The third-order valence-electron chi connectivity index (χ3n) is 3.76. The van der Waals surface area contributed by atoms with Crippen molar-refractivity contribution in [3.63, 3.8) is 0 Å². The Balaban J connectivity index is 2.04. The van der Waals surface area contributed by atoms with Crippen LogP contribution in [0.1, 0.15) is 18.9 Å². The summed E-state index contributed by atoms with van der Waals surface area (Å²) in [6.45, 7) is 0. The number of phenols is 1. The quantitative estimate of drug-likeness (QED) is 0.755. The van der Waals surface area contributed by atoms with Crippen molar-refractivity contribution in [3.05, 3.63) is 47.2 Å². The number of aromatic hydroxyl groups is 1. The monoisotopic (exact) mass is 302 g/mol. The molecule has 1 N–H and O–H groups in total. The second-order valence-corrected chi connectivity index (χ2v) is 5.77. The van der Waals surface area contributed by atoms with Gasteiger partial charge in [-0.25, -0.2) is 9.37 Å². The van der Waals surface area contributed by atoms with Crippen LogP contribution in [-0.2, 0) is 0 Å². The zero-order valence-corrected chi connectivity index (χ0v) is 11.8. The molecule has 1 fully saturated rings. The van der Waals surface area contributed by atoms with E-state index in [4.69, 9.17) is 11.6 Å². The third-order valence-corrected chi connectivity index (χ3v) is 4.00. The maximum atomic E-state index is 13.5. The smallest absolute Gasteiger partial charge is 0.145 e. The normalized spacial score (nSPS) is 14.8. The molecule has 0 spiro atoms. The number of hydrogen-bond acceptors (Lipinski definition) is 2. The molecule has 1 aliphatic rings. The molecule has 0 radical (unpaired) electrons. The third kappa shape index (κ3) is 2.07. The van der Waals surface area contributed by atoms with Crippen LogP contribution in [0, 0.1) is 5.82 Å². The van der Waals surface area contributed by atoms with Crippen molar-refractivity contribution in [2.24, 2.45) is 0 Å². The molecule has 5 heteroatoms. The van der Waals surface area contributed by atoms with Crippen LogP contribution in [0.3, 0.4) is 0 Å². The molecule has 2 aromatic carbocycles. The molecule has 3 aromatic rings. The van der Waals surface area contributed by atoms with Crippen LogP contribution in [0.5, 0.6) is 5.75 Å². The second kappa shape index (κ2) is 4.46. The molecule has 106 valence electrons. The first-order valence-electron chi connectivity index (χ1n) is 6.80. The number of halogens is 2. The van der Waals surface area contributed by atoms with Crippen LogP contribution in [0.15, 0.2) is 36.4 Å². The molecule has 1 heterocycles. The summed E-state index contributed by atoms with van der Waals surface area (Å²) >= 11 is 6.08. The van der Waals surface area contributed by atoms with Gasteiger partial charge in [0.1, 0.15) is 17.4 Å². The summed E-state index contributed by atoms with van der Waals surface area (Å²) in [5, 5.41) is 10.7. The fourth-order valence-electron chi connectivity index (χ4n) is 2.65. The average molecular weight is 303 g/mol. The fourth-order valence-corrected chi connectivity index (χ4v) is 2.81. The first kappa shape index (κ1) is 12.7. The number of phenolic OH excluding ortho intramolecular Hbond substituents is 1. The fraction of sp³-hybridized carbons (Fsp3) is 0.188. The van der Waals surface area contributed by atoms with Gasteiger partial charge in [0.05, 0.1) is 16.6 Å². The van der Waals surface area contributed by atoms with Gasteiger partial charge in [-0.05, 0) is 49.2 Å². The Morgan fingerprint density at radius 1 is 1.19 bits per heavy atom. The number of fused-ring (bicyclic) bond motifs is 1. The predicted molar refractivity (Wildman–Crippen MR) is 80.1 cm³/mol. The van der Waals surface area contributed by atoms with Gasteiger partial charge >= 0.3 is 0 Å². The minimum atomic E-state index is -0.393. The SMILES string of the molecule is Oc1ccc(F)cc1-c1nc2ccc(Cl)cc2n1C1CC1. The summed E-state index contributed by atoms with van der Waals surface area (Å²) in [7, 11) is 0. The summed E-state index contributed by atoms with van der Waals surface area (Å²) in [6, 6.07) is 9.73. The van der Waals surface area contributed by atoms with E-state index >= 15 is 0 Å². The van der Waals surface area contributed by atoms with Gasteiger partial charge in [-0.2, -0.15) is 0 Å². The first-order chi connectivity index (χ1) is 10.1. The van der Waals surface area contributed by atoms with Gasteiger partial charge in [-0.15, -0.1) is 0 Å². The number of hydrogen-bond donors (Lipinski definition) is 1. The van der Waals surface area contributed by atoms with Gasteiger partial charge in [-0.1, -0.05) is 11.6 Å². The van der Waals surface area contributed by atoms with Gasteiger partial charge in [0.25, 0.3) is 0 Å². The van der Waals surface area contributed by atoms with E-state index < -0.39 is 5.82 Å². The van der Waals surface area contributed by atoms with Crippen LogP contribution in [0.2, 0.25) is 5.02 Å². The van der Waals surface area contributed by atoms with Crippen molar-refractivity contribution in [2.75, 3.05) is 0 Å². The topological polar surface area (TPSA) is 38.1 Å². The average Bonchev–Trinajstić information content (AvgIpc) is 3.22. The molecule has 0 amide bonds. The number of rotatable bonds is 2.